The number of fused-ring (bicyclic) bond motifs is 15. The van der Waals surface area contributed by atoms with Gasteiger partial charge in [-0.05, 0) is 89.0 Å². The van der Waals surface area contributed by atoms with Gasteiger partial charge in [-0.15, -0.1) is 34.0 Å². The minimum atomic E-state index is -0.394. The Labute approximate surface area is 416 Å². The van der Waals surface area contributed by atoms with E-state index in [0.29, 0.717) is 5.84 Å². The fourth-order valence-corrected chi connectivity index (χ4v) is 14.5. The summed E-state index contributed by atoms with van der Waals surface area (Å²) in [6.07, 6.45) is -0.394. The molecule has 15 aromatic rings. The second-order valence-electron chi connectivity index (χ2n) is 18.4. The zero-order valence-electron chi connectivity index (χ0n) is 37.6. The molecule has 0 spiro atoms. The molecule has 1 aliphatic heterocycles. The Hall–Kier alpha value is -8.40. The number of nitrogens with zero attached hydrogens (tertiary/aromatic N) is 2. The highest BCUT2D eigenvalue weighted by Crippen LogP contribution is 2.46. The van der Waals surface area contributed by atoms with Gasteiger partial charge in [0, 0.05) is 98.8 Å². The van der Waals surface area contributed by atoms with Crippen LogP contribution in [0.4, 0.5) is 0 Å². The van der Waals surface area contributed by atoms with Gasteiger partial charge in [0.05, 0.1) is 0 Å². The van der Waals surface area contributed by atoms with Crippen LogP contribution >= 0.6 is 34.0 Å². The minimum absolute atomic E-state index is 0.394. The lowest BCUT2D eigenvalue weighted by Gasteiger charge is -2.24. The number of furan rings is 2. The van der Waals surface area contributed by atoms with E-state index >= 15 is 0 Å². The van der Waals surface area contributed by atoms with Crippen molar-refractivity contribution in [2.24, 2.45) is 9.98 Å². The standard InChI is InChI=1S/C63H35N3O2S3/c1-5-15-49-46(13-1)59-38(27-28-39(60(59)68-49)35-20-24-43-40-10-2-6-17-52(40)69-55(43)31-35)34-23-29-50-48(30-34)58-47(14-9-16-51(58)67-50)63-65-61(36-21-25-44-41-11-3-7-18-53(41)70-56(44)32-36)64-62(66-63)37-22-26-45-42-12-4-8-19-54(42)71-57(45)33-37/h1-33,61H,(H,64,65,66). The first-order valence-corrected chi connectivity index (χ1v) is 26.2. The van der Waals surface area contributed by atoms with Gasteiger partial charge in [-0.2, -0.15) is 0 Å². The molecular formula is C63H35N3O2S3. The van der Waals surface area contributed by atoms with Gasteiger partial charge in [0.15, 0.2) is 5.84 Å². The van der Waals surface area contributed by atoms with Gasteiger partial charge in [-0.25, -0.2) is 9.98 Å². The Bertz CT molecular complexity index is 4830. The number of aliphatic imine (C=N–C) groups is 2. The van der Waals surface area contributed by atoms with Crippen molar-refractivity contribution in [3.8, 4) is 22.3 Å². The van der Waals surface area contributed by atoms with E-state index in [0.717, 1.165) is 88.7 Å². The Morgan fingerprint density at radius 2 is 0.915 bits per heavy atom. The van der Waals surface area contributed by atoms with Crippen LogP contribution in [0.3, 0.4) is 0 Å². The van der Waals surface area contributed by atoms with E-state index < -0.39 is 6.17 Å². The molecule has 8 heteroatoms. The van der Waals surface area contributed by atoms with Crippen LogP contribution in [0, 0.1) is 0 Å². The van der Waals surface area contributed by atoms with E-state index in [-0.39, 0.29) is 0 Å². The van der Waals surface area contributed by atoms with E-state index in [4.69, 9.17) is 18.8 Å². The molecule has 0 radical (unpaired) electrons. The number of para-hydroxylation sites is 1. The van der Waals surface area contributed by atoms with Crippen LogP contribution in [0.2, 0.25) is 0 Å². The smallest absolute Gasteiger partial charge is 0.159 e. The first-order chi connectivity index (χ1) is 35.1. The molecule has 0 bridgehead atoms. The van der Waals surface area contributed by atoms with Crippen molar-refractivity contribution in [3.63, 3.8) is 0 Å². The second kappa shape index (κ2) is 15.1. The van der Waals surface area contributed by atoms with Crippen LogP contribution in [-0.2, 0) is 0 Å². The van der Waals surface area contributed by atoms with Crippen molar-refractivity contribution < 1.29 is 8.83 Å². The average molecular weight is 962 g/mol. The predicted molar refractivity (Wildman–Crippen MR) is 302 cm³/mol. The third-order valence-electron chi connectivity index (χ3n) is 14.4. The van der Waals surface area contributed by atoms with Crippen molar-refractivity contribution in [3.05, 3.63) is 217 Å². The van der Waals surface area contributed by atoms with Crippen LogP contribution < -0.4 is 5.32 Å². The summed E-state index contributed by atoms with van der Waals surface area (Å²) < 4.78 is 21.1. The third-order valence-corrected chi connectivity index (χ3v) is 17.8. The van der Waals surface area contributed by atoms with E-state index in [9.17, 15) is 0 Å². The van der Waals surface area contributed by atoms with Gasteiger partial charge < -0.3 is 14.2 Å². The summed E-state index contributed by atoms with van der Waals surface area (Å²) in [5, 5.41) is 15.6. The molecule has 5 aromatic heterocycles. The highest BCUT2D eigenvalue weighted by molar-refractivity contribution is 7.26. The lowest BCUT2D eigenvalue weighted by Crippen LogP contribution is -2.33. The summed E-state index contributed by atoms with van der Waals surface area (Å²) in [5.74, 6) is 1.43. The van der Waals surface area contributed by atoms with Crippen LogP contribution in [0.1, 0.15) is 22.9 Å². The first-order valence-electron chi connectivity index (χ1n) is 23.7. The number of hydrogen-bond donors (Lipinski definition) is 1. The maximum absolute atomic E-state index is 6.83. The Balaban J connectivity index is 0.859. The zero-order chi connectivity index (χ0) is 46.3. The molecule has 0 saturated heterocycles. The Morgan fingerprint density at radius 1 is 0.366 bits per heavy atom. The molecular weight excluding hydrogens is 927 g/mol. The fraction of sp³-hybridized carbons (Fsp3) is 0.0159. The SMILES string of the molecule is c1ccc2c(c1)oc1c(-c3ccc4c(c3)sc3ccccc34)ccc(-c3ccc4oc5cccc(C6=NC(c7ccc8c(c7)sc7ccccc78)=NC(c7ccc8c(c7)sc7ccccc78)N6)c5c4c3)c12. The summed E-state index contributed by atoms with van der Waals surface area (Å²) >= 11 is 5.46. The molecule has 1 aliphatic rings. The number of rotatable bonds is 5. The van der Waals surface area contributed by atoms with Crippen molar-refractivity contribution in [2.45, 2.75) is 6.17 Å². The molecule has 16 rings (SSSR count). The molecule has 6 heterocycles. The monoisotopic (exact) mass is 961 g/mol. The van der Waals surface area contributed by atoms with Crippen LogP contribution in [-0.4, -0.2) is 11.7 Å². The molecule has 332 valence electrons. The third kappa shape index (κ3) is 6.02. The van der Waals surface area contributed by atoms with Crippen molar-refractivity contribution in [2.75, 3.05) is 0 Å². The summed E-state index contributed by atoms with van der Waals surface area (Å²) in [4.78, 5) is 10.8. The lowest BCUT2D eigenvalue weighted by molar-refractivity contribution is 0.668. The van der Waals surface area contributed by atoms with Gasteiger partial charge in [-0.3, -0.25) is 0 Å². The molecule has 0 amide bonds. The van der Waals surface area contributed by atoms with E-state index in [1.807, 2.05) is 40.1 Å². The Kier molecular flexibility index (Phi) is 8.36. The van der Waals surface area contributed by atoms with E-state index in [1.165, 1.54) is 60.5 Å². The van der Waals surface area contributed by atoms with Gasteiger partial charge in [0.1, 0.15) is 34.3 Å². The molecule has 1 unspecified atom stereocenters. The topological polar surface area (TPSA) is 63.0 Å². The maximum atomic E-state index is 6.83. The lowest BCUT2D eigenvalue weighted by atomic mass is 9.93. The predicted octanol–water partition coefficient (Wildman–Crippen LogP) is 18.4. The summed E-state index contributed by atoms with van der Waals surface area (Å²) in [7, 11) is 0. The van der Waals surface area contributed by atoms with Crippen molar-refractivity contribution in [1.82, 2.24) is 5.32 Å². The second-order valence-corrected chi connectivity index (χ2v) is 21.6. The highest BCUT2D eigenvalue weighted by atomic mass is 32.1. The van der Waals surface area contributed by atoms with Gasteiger partial charge in [-0.1, -0.05) is 133 Å². The number of amidine groups is 2. The van der Waals surface area contributed by atoms with Gasteiger partial charge in [0.25, 0.3) is 0 Å². The number of thiophene rings is 3. The zero-order valence-corrected chi connectivity index (χ0v) is 40.0. The number of nitrogens with one attached hydrogen (secondary N) is 1. The summed E-state index contributed by atoms with van der Waals surface area (Å²) in [5.41, 5.74) is 10.7. The number of hydrogen-bond acceptors (Lipinski definition) is 8. The average Bonchev–Trinajstić information content (AvgIpc) is 4.26. The Morgan fingerprint density at radius 3 is 1.65 bits per heavy atom. The molecule has 10 aromatic carbocycles. The number of benzene rings is 10. The molecule has 0 saturated carbocycles. The molecule has 71 heavy (non-hydrogen) atoms. The van der Waals surface area contributed by atoms with Crippen molar-refractivity contribution in [1.29, 1.82) is 0 Å². The van der Waals surface area contributed by atoms with Crippen LogP contribution in [0.15, 0.2) is 219 Å². The van der Waals surface area contributed by atoms with E-state index in [2.05, 4.69) is 199 Å². The molecule has 1 N–H and O–H groups in total. The van der Waals surface area contributed by atoms with E-state index in [1.54, 1.807) is 0 Å². The van der Waals surface area contributed by atoms with Gasteiger partial charge in [0.2, 0.25) is 0 Å². The minimum Gasteiger partial charge on any atom is -0.456 e. The first kappa shape index (κ1) is 39.4. The van der Waals surface area contributed by atoms with Crippen molar-refractivity contribution >= 4 is 150 Å². The largest absolute Gasteiger partial charge is 0.456 e. The summed E-state index contributed by atoms with van der Waals surface area (Å²) in [6.45, 7) is 0. The molecule has 0 fully saturated rings. The maximum Gasteiger partial charge on any atom is 0.159 e. The molecule has 1 atom stereocenters. The fourth-order valence-electron chi connectivity index (χ4n) is 11.0. The molecule has 5 nitrogen and oxygen atoms in total. The van der Waals surface area contributed by atoms with Crippen LogP contribution in [0.25, 0.3) is 127 Å². The van der Waals surface area contributed by atoms with Crippen LogP contribution in [0.5, 0.6) is 0 Å². The highest BCUT2D eigenvalue weighted by Gasteiger charge is 2.26. The molecule has 0 aliphatic carbocycles. The van der Waals surface area contributed by atoms with Gasteiger partial charge >= 0.3 is 0 Å². The summed E-state index contributed by atoms with van der Waals surface area (Å²) in [6, 6.07) is 71.9. The quantitative estimate of drug-likeness (QED) is 0.187. The normalized spacial score (nSPS) is 14.3.